The third-order valence-corrected chi connectivity index (χ3v) is 4.26. The average molecular weight is 367 g/mol. The van der Waals surface area contributed by atoms with Gasteiger partial charge in [0, 0.05) is 15.4 Å². The van der Waals surface area contributed by atoms with E-state index in [0.29, 0.717) is 17.2 Å². The summed E-state index contributed by atoms with van der Waals surface area (Å²) in [5.74, 6) is 1.66. The van der Waals surface area contributed by atoms with Crippen LogP contribution in [0.15, 0.2) is 51.8 Å². The van der Waals surface area contributed by atoms with Crippen molar-refractivity contribution in [2.75, 3.05) is 12.5 Å². The van der Waals surface area contributed by atoms with E-state index in [-0.39, 0.29) is 18.5 Å². The number of thioether (sulfide) groups is 1. The third-order valence-electron chi connectivity index (χ3n) is 2.75. The van der Waals surface area contributed by atoms with Gasteiger partial charge in [0.15, 0.2) is 11.5 Å². The highest BCUT2D eigenvalue weighted by molar-refractivity contribution is 9.10. The van der Waals surface area contributed by atoms with Crippen molar-refractivity contribution in [2.24, 2.45) is 0 Å². The van der Waals surface area contributed by atoms with Crippen molar-refractivity contribution >= 4 is 33.7 Å². The molecular weight excluding hydrogens is 356 g/mol. The number of esters is 1. The van der Waals surface area contributed by atoms with Crippen LogP contribution in [0.4, 0.5) is 0 Å². The molecule has 108 valence electrons. The molecule has 0 aromatic heterocycles. The molecule has 0 atom stereocenters. The van der Waals surface area contributed by atoms with Gasteiger partial charge in [0.05, 0.1) is 5.75 Å². The highest BCUT2D eigenvalue weighted by atomic mass is 79.9. The number of fused-ring (bicyclic) bond motifs is 1. The molecule has 0 saturated heterocycles. The van der Waals surface area contributed by atoms with Gasteiger partial charge in [-0.1, -0.05) is 15.9 Å². The fourth-order valence-electron chi connectivity index (χ4n) is 1.77. The standard InChI is InChI=1S/C15H11BrO4S/c16-10-1-4-12(5-2-10)21-8-15(17)20-11-3-6-13-14(7-11)19-9-18-13/h1-7H,8-9H2. The number of benzene rings is 2. The Bertz CT molecular complexity index is 657. The summed E-state index contributed by atoms with van der Waals surface area (Å²) >= 11 is 4.80. The second-order valence-corrected chi connectivity index (χ2v) is 6.20. The first-order chi connectivity index (χ1) is 10.2. The number of carbonyl (C=O) groups is 1. The summed E-state index contributed by atoms with van der Waals surface area (Å²) in [5.41, 5.74) is 0. The Morgan fingerprint density at radius 3 is 2.71 bits per heavy atom. The van der Waals surface area contributed by atoms with Crippen LogP contribution in [0.2, 0.25) is 0 Å². The maximum Gasteiger partial charge on any atom is 0.321 e. The summed E-state index contributed by atoms with van der Waals surface area (Å²) in [7, 11) is 0. The van der Waals surface area contributed by atoms with Crippen molar-refractivity contribution < 1.29 is 19.0 Å². The van der Waals surface area contributed by atoms with Crippen LogP contribution in [0.1, 0.15) is 0 Å². The Morgan fingerprint density at radius 2 is 1.90 bits per heavy atom. The molecule has 0 spiro atoms. The molecule has 0 fully saturated rings. The summed E-state index contributed by atoms with van der Waals surface area (Å²) in [4.78, 5) is 12.8. The molecule has 0 radical (unpaired) electrons. The van der Waals surface area contributed by atoms with Crippen LogP contribution >= 0.6 is 27.7 Å². The van der Waals surface area contributed by atoms with Crippen LogP contribution < -0.4 is 14.2 Å². The maximum atomic E-state index is 11.8. The Morgan fingerprint density at radius 1 is 1.14 bits per heavy atom. The van der Waals surface area contributed by atoms with Crippen LogP contribution in [-0.4, -0.2) is 18.5 Å². The molecule has 4 nitrogen and oxygen atoms in total. The van der Waals surface area contributed by atoms with Gasteiger partial charge >= 0.3 is 5.97 Å². The topological polar surface area (TPSA) is 44.8 Å². The summed E-state index contributed by atoms with van der Waals surface area (Å²) < 4.78 is 16.7. The number of ether oxygens (including phenoxy) is 3. The molecule has 2 aromatic carbocycles. The maximum absolute atomic E-state index is 11.8. The molecule has 0 bridgehead atoms. The van der Waals surface area contributed by atoms with E-state index in [0.717, 1.165) is 9.37 Å². The van der Waals surface area contributed by atoms with Crippen molar-refractivity contribution in [3.05, 3.63) is 46.9 Å². The molecule has 0 N–H and O–H groups in total. The van der Waals surface area contributed by atoms with Gasteiger partial charge in [-0.05, 0) is 36.4 Å². The summed E-state index contributed by atoms with van der Waals surface area (Å²) in [5, 5.41) is 0. The largest absolute Gasteiger partial charge is 0.454 e. The van der Waals surface area contributed by atoms with Gasteiger partial charge in [-0.25, -0.2) is 0 Å². The lowest BCUT2D eigenvalue weighted by molar-refractivity contribution is -0.131. The second kappa shape index (κ2) is 6.41. The molecular formula is C15H11BrO4S. The number of hydrogen-bond acceptors (Lipinski definition) is 5. The fraction of sp³-hybridized carbons (Fsp3) is 0.133. The monoisotopic (exact) mass is 366 g/mol. The van der Waals surface area contributed by atoms with Crippen LogP contribution in [-0.2, 0) is 4.79 Å². The van der Waals surface area contributed by atoms with E-state index in [9.17, 15) is 4.79 Å². The van der Waals surface area contributed by atoms with E-state index >= 15 is 0 Å². The first kappa shape index (κ1) is 14.3. The Kier molecular flexibility index (Phi) is 4.36. The van der Waals surface area contributed by atoms with E-state index in [1.165, 1.54) is 11.8 Å². The van der Waals surface area contributed by atoms with Crippen molar-refractivity contribution in [2.45, 2.75) is 4.90 Å². The second-order valence-electron chi connectivity index (χ2n) is 4.23. The van der Waals surface area contributed by atoms with Crippen LogP contribution in [0.3, 0.4) is 0 Å². The molecule has 1 heterocycles. The normalized spacial score (nSPS) is 12.2. The zero-order valence-corrected chi connectivity index (χ0v) is 13.3. The minimum atomic E-state index is -0.304. The predicted molar refractivity (Wildman–Crippen MR) is 83.1 cm³/mol. The molecule has 0 amide bonds. The number of carbonyl (C=O) groups excluding carboxylic acids is 1. The van der Waals surface area contributed by atoms with Gasteiger partial charge < -0.3 is 14.2 Å². The minimum Gasteiger partial charge on any atom is -0.454 e. The van der Waals surface area contributed by atoms with Crippen LogP contribution in [0.5, 0.6) is 17.2 Å². The van der Waals surface area contributed by atoms with Gasteiger partial charge in [0.2, 0.25) is 6.79 Å². The lowest BCUT2D eigenvalue weighted by Gasteiger charge is -2.05. The zero-order chi connectivity index (χ0) is 14.7. The smallest absolute Gasteiger partial charge is 0.321 e. The molecule has 3 rings (SSSR count). The highest BCUT2D eigenvalue weighted by Gasteiger charge is 2.15. The minimum absolute atomic E-state index is 0.201. The Hall–Kier alpha value is -1.66. The molecule has 6 heteroatoms. The van der Waals surface area contributed by atoms with Gasteiger partial charge in [0.25, 0.3) is 0 Å². The van der Waals surface area contributed by atoms with E-state index in [1.54, 1.807) is 18.2 Å². The van der Waals surface area contributed by atoms with Crippen molar-refractivity contribution in [1.29, 1.82) is 0 Å². The zero-order valence-electron chi connectivity index (χ0n) is 10.9. The molecule has 0 saturated carbocycles. The number of halogens is 1. The molecule has 2 aromatic rings. The molecule has 0 unspecified atom stereocenters. The van der Waals surface area contributed by atoms with Crippen LogP contribution in [0.25, 0.3) is 0 Å². The van der Waals surface area contributed by atoms with Gasteiger partial charge in [-0.2, -0.15) is 0 Å². The summed E-state index contributed by atoms with van der Waals surface area (Å²) in [6.45, 7) is 0.201. The number of hydrogen-bond donors (Lipinski definition) is 0. The first-order valence-corrected chi connectivity index (χ1v) is 7.97. The third kappa shape index (κ3) is 3.71. The average Bonchev–Trinajstić information content (AvgIpc) is 2.94. The molecule has 1 aliphatic heterocycles. The van der Waals surface area contributed by atoms with Crippen molar-refractivity contribution in [1.82, 2.24) is 0 Å². The summed E-state index contributed by atoms with van der Waals surface area (Å²) in [6, 6.07) is 12.8. The molecule has 1 aliphatic rings. The summed E-state index contributed by atoms with van der Waals surface area (Å²) in [6.07, 6.45) is 0. The quantitative estimate of drug-likeness (QED) is 0.466. The SMILES string of the molecule is O=C(CSc1ccc(Br)cc1)Oc1ccc2c(c1)OCO2. The molecule has 0 aliphatic carbocycles. The van der Waals surface area contributed by atoms with E-state index in [4.69, 9.17) is 14.2 Å². The number of rotatable bonds is 4. The van der Waals surface area contributed by atoms with E-state index in [2.05, 4.69) is 15.9 Å². The Labute approximate surface area is 134 Å². The lowest BCUT2D eigenvalue weighted by atomic mass is 10.3. The van der Waals surface area contributed by atoms with Crippen molar-refractivity contribution in [3.8, 4) is 17.2 Å². The fourth-order valence-corrected chi connectivity index (χ4v) is 2.71. The van der Waals surface area contributed by atoms with E-state index < -0.39 is 0 Å². The van der Waals surface area contributed by atoms with E-state index in [1.807, 2.05) is 24.3 Å². The van der Waals surface area contributed by atoms with Gasteiger partial charge in [0.1, 0.15) is 5.75 Å². The van der Waals surface area contributed by atoms with Crippen LogP contribution in [0, 0.1) is 0 Å². The Balaban J connectivity index is 1.55. The first-order valence-electron chi connectivity index (χ1n) is 6.19. The highest BCUT2D eigenvalue weighted by Crippen LogP contribution is 2.35. The van der Waals surface area contributed by atoms with Gasteiger partial charge in [-0.15, -0.1) is 11.8 Å². The van der Waals surface area contributed by atoms with Crippen molar-refractivity contribution in [3.63, 3.8) is 0 Å². The predicted octanol–water partition coefficient (Wildman–Crippen LogP) is 3.88. The lowest BCUT2D eigenvalue weighted by Crippen LogP contribution is -2.10. The molecule has 21 heavy (non-hydrogen) atoms. The van der Waals surface area contributed by atoms with Gasteiger partial charge in [-0.3, -0.25) is 4.79 Å².